The van der Waals surface area contributed by atoms with Crippen molar-refractivity contribution >= 4 is 5.69 Å². The van der Waals surface area contributed by atoms with E-state index in [0.29, 0.717) is 5.69 Å². The molecule has 0 aliphatic carbocycles. The van der Waals surface area contributed by atoms with Gasteiger partial charge in [-0.3, -0.25) is 0 Å². The Kier molecular flexibility index (Phi) is 2.88. The fourth-order valence-corrected chi connectivity index (χ4v) is 1.07. The minimum absolute atomic E-state index is 0.183. The molecular formula is C9H10F3NO. The van der Waals surface area contributed by atoms with Gasteiger partial charge >= 0.3 is 6.18 Å². The largest absolute Gasteiger partial charge is 0.495 e. The first-order valence-electron chi connectivity index (χ1n) is 3.92. The lowest BCUT2D eigenvalue weighted by atomic mass is 10.2. The monoisotopic (exact) mass is 205 g/mol. The van der Waals surface area contributed by atoms with Crippen LogP contribution in [0.15, 0.2) is 18.2 Å². The van der Waals surface area contributed by atoms with Gasteiger partial charge in [0.05, 0.1) is 18.4 Å². The fraction of sp³-hybridized carbons (Fsp3) is 0.333. The van der Waals surface area contributed by atoms with Crippen LogP contribution in [0.1, 0.15) is 5.56 Å². The highest BCUT2D eigenvalue weighted by molar-refractivity contribution is 5.57. The molecule has 5 heteroatoms. The zero-order chi connectivity index (χ0) is 10.8. The van der Waals surface area contributed by atoms with Gasteiger partial charge in [-0.05, 0) is 18.2 Å². The molecule has 0 unspecified atom stereocenters. The van der Waals surface area contributed by atoms with Crippen LogP contribution in [0.3, 0.4) is 0 Å². The first-order valence-corrected chi connectivity index (χ1v) is 3.92. The second kappa shape index (κ2) is 3.77. The molecule has 0 saturated carbocycles. The van der Waals surface area contributed by atoms with Gasteiger partial charge in [-0.15, -0.1) is 0 Å². The molecule has 14 heavy (non-hydrogen) atoms. The van der Waals surface area contributed by atoms with Crippen molar-refractivity contribution in [1.82, 2.24) is 0 Å². The van der Waals surface area contributed by atoms with Gasteiger partial charge in [0, 0.05) is 7.05 Å². The van der Waals surface area contributed by atoms with E-state index in [4.69, 9.17) is 4.74 Å². The van der Waals surface area contributed by atoms with Crippen LogP contribution in [-0.2, 0) is 6.18 Å². The van der Waals surface area contributed by atoms with Crippen LogP contribution >= 0.6 is 0 Å². The van der Waals surface area contributed by atoms with E-state index in [2.05, 4.69) is 5.32 Å². The third kappa shape index (κ3) is 2.10. The molecule has 0 aliphatic heterocycles. The molecule has 0 heterocycles. The Morgan fingerprint density at radius 1 is 1.29 bits per heavy atom. The summed E-state index contributed by atoms with van der Waals surface area (Å²) in [6, 6.07) is 3.31. The van der Waals surface area contributed by atoms with E-state index < -0.39 is 11.7 Å². The van der Waals surface area contributed by atoms with Crippen molar-refractivity contribution < 1.29 is 17.9 Å². The summed E-state index contributed by atoms with van der Waals surface area (Å²) in [6.07, 6.45) is -4.33. The summed E-state index contributed by atoms with van der Waals surface area (Å²) in [7, 11) is 2.95. The summed E-state index contributed by atoms with van der Waals surface area (Å²) in [5.41, 5.74) is -0.186. The third-order valence-electron chi connectivity index (χ3n) is 1.80. The normalized spacial score (nSPS) is 11.2. The number of anilines is 1. The number of alkyl halides is 3. The van der Waals surface area contributed by atoms with Gasteiger partial charge in [-0.2, -0.15) is 13.2 Å². The Balaban J connectivity index is 3.14. The van der Waals surface area contributed by atoms with Crippen LogP contribution in [-0.4, -0.2) is 14.2 Å². The number of hydrogen-bond acceptors (Lipinski definition) is 2. The van der Waals surface area contributed by atoms with Crippen LogP contribution in [0, 0.1) is 0 Å². The van der Waals surface area contributed by atoms with E-state index in [1.165, 1.54) is 13.2 Å². The van der Waals surface area contributed by atoms with Gasteiger partial charge in [0.1, 0.15) is 5.75 Å². The molecule has 1 aromatic rings. The Hall–Kier alpha value is -1.39. The molecule has 1 N–H and O–H groups in total. The SMILES string of the molecule is CNc1ccc(C(F)(F)F)cc1OC. The van der Waals surface area contributed by atoms with E-state index in [1.807, 2.05) is 0 Å². The van der Waals surface area contributed by atoms with Crippen molar-refractivity contribution in [3.8, 4) is 5.75 Å². The molecule has 0 saturated heterocycles. The van der Waals surface area contributed by atoms with Gasteiger partial charge < -0.3 is 10.1 Å². The smallest absolute Gasteiger partial charge is 0.416 e. The number of halogens is 3. The van der Waals surface area contributed by atoms with Crippen molar-refractivity contribution in [2.45, 2.75) is 6.18 Å². The first-order chi connectivity index (χ1) is 6.49. The summed E-state index contributed by atoms with van der Waals surface area (Å²) >= 11 is 0. The predicted octanol–water partition coefficient (Wildman–Crippen LogP) is 2.76. The lowest BCUT2D eigenvalue weighted by molar-refractivity contribution is -0.137. The fourth-order valence-electron chi connectivity index (χ4n) is 1.07. The summed E-state index contributed by atoms with van der Waals surface area (Å²) < 4.78 is 41.6. The Morgan fingerprint density at radius 2 is 1.93 bits per heavy atom. The summed E-state index contributed by atoms with van der Waals surface area (Å²) in [5, 5.41) is 2.73. The van der Waals surface area contributed by atoms with Crippen molar-refractivity contribution in [3.05, 3.63) is 23.8 Å². The average Bonchev–Trinajstić information content (AvgIpc) is 2.15. The van der Waals surface area contributed by atoms with Gasteiger partial charge in [0.25, 0.3) is 0 Å². The van der Waals surface area contributed by atoms with Gasteiger partial charge in [-0.1, -0.05) is 0 Å². The van der Waals surface area contributed by atoms with Gasteiger partial charge in [0.15, 0.2) is 0 Å². The van der Waals surface area contributed by atoms with E-state index in [0.717, 1.165) is 12.1 Å². The van der Waals surface area contributed by atoms with E-state index in [1.54, 1.807) is 7.05 Å². The molecule has 2 nitrogen and oxygen atoms in total. The number of rotatable bonds is 2. The maximum absolute atomic E-state index is 12.3. The average molecular weight is 205 g/mol. The molecule has 0 amide bonds. The lowest BCUT2D eigenvalue weighted by Crippen LogP contribution is -2.05. The molecule has 0 radical (unpaired) electrons. The quantitative estimate of drug-likeness (QED) is 0.801. The minimum Gasteiger partial charge on any atom is -0.495 e. The Labute approximate surface area is 79.7 Å². The van der Waals surface area contributed by atoms with Crippen LogP contribution in [0.4, 0.5) is 18.9 Å². The molecule has 1 rings (SSSR count). The highest BCUT2D eigenvalue weighted by Gasteiger charge is 2.31. The highest BCUT2D eigenvalue weighted by atomic mass is 19.4. The minimum atomic E-state index is -4.33. The van der Waals surface area contributed by atoms with Crippen LogP contribution < -0.4 is 10.1 Å². The van der Waals surface area contributed by atoms with E-state index in [-0.39, 0.29) is 5.75 Å². The molecule has 0 aliphatic rings. The number of hydrogen-bond donors (Lipinski definition) is 1. The van der Waals surface area contributed by atoms with Crippen LogP contribution in [0.5, 0.6) is 5.75 Å². The van der Waals surface area contributed by atoms with Crippen molar-refractivity contribution in [3.63, 3.8) is 0 Å². The van der Waals surface area contributed by atoms with Gasteiger partial charge in [-0.25, -0.2) is 0 Å². The maximum atomic E-state index is 12.3. The second-order valence-corrected chi connectivity index (χ2v) is 2.66. The van der Waals surface area contributed by atoms with Crippen LogP contribution in [0.2, 0.25) is 0 Å². The van der Waals surface area contributed by atoms with Crippen molar-refractivity contribution in [2.24, 2.45) is 0 Å². The molecular weight excluding hydrogens is 195 g/mol. The predicted molar refractivity (Wildman–Crippen MR) is 47.5 cm³/mol. The molecule has 1 aromatic carbocycles. The highest BCUT2D eigenvalue weighted by Crippen LogP contribution is 2.34. The lowest BCUT2D eigenvalue weighted by Gasteiger charge is -2.11. The zero-order valence-electron chi connectivity index (χ0n) is 7.77. The topological polar surface area (TPSA) is 21.3 Å². The molecule has 0 atom stereocenters. The summed E-state index contributed by atoms with van der Waals surface area (Å²) in [5.74, 6) is 0.183. The standard InChI is InChI=1S/C9H10F3NO/c1-13-7-4-3-6(9(10,11)12)5-8(7)14-2/h3-5,13H,1-2H3. The first kappa shape index (κ1) is 10.7. The van der Waals surface area contributed by atoms with Gasteiger partial charge in [0.2, 0.25) is 0 Å². The Morgan fingerprint density at radius 3 is 2.36 bits per heavy atom. The molecule has 0 spiro atoms. The number of nitrogens with one attached hydrogen (secondary N) is 1. The molecule has 0 fully saturated rings. The summed E-state index contributed by atoms with van der Waals surface area (Å²) in [6.45, 7) is 0. The van der Waals surface area contributed by atoms with E-state index >= 15 is 0 Å². The maximum Gasteiger partial charge on any atom is 0.416 e. The Bertz CT molecular complexity index is 322. The number of methoxy groups -OCH3 is 1. The number of ether oxygens (including phenoxy) is 1. The second-order valence-electron chi connectivity index (χ2n) is 2.66. The van der Waals surface area contributed by atoms with Crippen molar-refractivity contribution in [1.29, 1.82) is 0 Å². The van der Waals surface area contributed by atoms with Crippen LogP contribution in [0.25, 0.3) is 0 Å². The van der Waals surface area contributed by atoms with Crippen molar-refractivity contribution in [2.75, 3.05) is 19.5 Å². The number of benzene rings is 1. The summed E-state index contributed by atoms with van der Waals surface area (Å²) in [4.78, 5) is 0. The molecule has 0 bridgehead atoms. The molecule has 0 aromatic heterocycles. The zero-order valence-corrected chi connectivity index (χ0v) is 7.77. The van der Waals surface area contributed by atoms with E-state index in [9.17, 15) is 13.2 Å². The third-order valence-corrected chi connectivity index (χ3v) is 1.80. The molecule has 78 valence electrons.